The van der Waals surface area contributed by atoms with Crippen LogP contribution < -0.4 is 10.6 Å². The molecule has 2 unspecified atom stereocenters. The fourth-order valence-electron chi connectivity index (χ4n) is 5.00. The topological polar surface area (TPSA) is 81.8 Å². The van der Waals surface area contributed by atoms with Crippen molar-refractivity contribution in [2.24, 2.45) is 5.92 Å². The Balaban J connectivity index is 1.35. The summed E-state index contributed by atoms with van der Waals surface area (Å²) in [5.74, 6) is 0.187. The molecule has 1 aliphatic carbocycles. The van der Waals surface area contributed by atoms with E-state index in [1.807, 2.05) is 12.1 Å². The van der Waals surface area contributed by atoms with Gasteiger partial charge < -0.3 is 10.2 Å². The number of carbonyl (C=O) groups is 3. The van der Waals surface area contributed by atoms with Gasteiger partial charge in [-0.3, -0.25) is 24.6 Å². The number of hydrogen-bond donors (Lipinski definition) is 2. The summed E-state index contributed by atoms with van der Waals surface area (Å²) < 4.78 is 0. The predicted molar refractivity (Wildman–Crippen MR) is 107 cm³/mol. The first-order valence-electron chi connectivity index (χ1n) is 10.8. The number of imide groups is 1. The number of piperazine rings is 1. The maximum absolute atomic E-state index is 13.0. The lowest BCUT2D eigenvalue weighted by atomic mass is 10.0. The highest BCUT2D eigenvalue weighted by Gasteiger charge is 2.40. The molecule has 2 atom stereocenters. The summed E-state index contributed by atoms with van der Waals surface area (Å²) in [5, 5.41) is 5.90. The van der Waals surface area contributed by atoms with Gasteiger partial charge in [-0.2, -0.15) is 0 Å². The van der Waals surface area contributed by atoms with E-state index in [1.165, 1.54) is 24.8 Å². The van der Waals surface area contributed by atoms with Crippen molar-refractivity contribution >= 4 is 17.7 Å². The van der Waals surface area contributed by atoms with E-state index in [9.17, 15) is 14.4 Å². The monoisotopic (exact) mass is 396 g/mol. The Morgan fingerprint density at radius 3 is 2.76 bits per heavy atom. The molecule has 3 amide bonds. The molecule has 2 saturated heterocycles. The van der Waals surface area contributed by atoms with Crippen molar-refractivity contribution in [2.45, 2.75) is 57.3 Å². The second-order valence-corrected chi connectivity index (χ2v) is 8.85. The Kier molecular flexibility index (Phi) is 4.87. The number of nitrogens with one attached hydrogen (secondary N) is 2. The number of nitrogens with zero attached hydrogens (tertiary/aromatic N) is 2. The number of hydrogen-bond acceptors (Lipinski definition) is 5. The van der Waals surface area contributed by atoms with Crippen molar-refractivity contribution < 1.29 is 14.4 Å². The van der Waals surface area contributed by atoms with Crippen LogP contribution in [0, 0.1) is 5.92 Å². The molecule has 2 N–H and O–H groups in total. The van der Waals surface area contributed by atoms with Gasteiger partial charge in [-0.1, -0.05) is 25.0 Å². The average molecular weight is 396 g/mol. The fourth-order valence-corrected chi connectivity index (χ4v) is 5.00. The van der Waals surface area contributed by atoms with Crippen molar-refractivity contribution in [2.75, 3.05) is 19.6 Å². The molecule has 7 nitrogen and oxygen atoms in total. The summed E-state index contributed by atoms with van der Waals surface area (Å²) in [5.41, 5.74) is 2.94. The number of fused-ring (bicyclic) bond motifs is 1. The first kappa shape index (κ1) is 18.8. The zero-order valence-electron chi connectivity index (χ0n) is 16.7. The molecule has 1 aromatic rings. The first-order chi connectivity index (χ1) is 14.1. The highest BCUT2D eigenvalue weighted by atomic mass is 16.2. The molecular formula is C22H28N4O3. The van der Waals surface area contributed by atoms with E-state index >= 15 is 0 Å². The van der Waals surface area contributed by atoms with Gasteiger partial charge in [-0.05, 0) is 36.0 Å². The highest BCUT2D eigenvalue weighted by molar-refractivity contribution is 6.05. The van der Waals surface area contributed by atoms with Crippen LogP contribution in [0.15, 0.2) is 18.2 Å². The second kappa shape index (κ2) is 7.54. The van der Waals surface area contributed by atoms with Gasteiger partial charge in [0.15, 0.2) is 0 Å². The largest absolute Gasteiger partial charge is 0.322 e. The van der Waals surface area contributed by atoms with Gasteiger partial charge >= 0.3 is 0 Å². The van der Waals surface area contributed by atoms with E-state index in [-0.39, 0.29) is 24.1 Å². The van der Waals surface area contributed by atoms with E-state index in [4.69, 9.17) is 0 Å². The minimum Gasteiger partial charge on any atom is -0.322 e. The summed E-state index contributed by atoms with van der Waals surface area (Å²) in [6.07, 6.45) is 4.67. The third kappa shape index (κ3) is 3.69. The van der Waals surface area contributed by atoms with Gasteiger partial charge in [0.25, 0.3) is 5.91 Å². The molecule has 1 aromatic carbocycles. The zero-order chi connectivity index (χ0) is 20.0. The van der Waals surface area contributed by atoms with Crippen LogP contribution in [0.2, 0.25) is 0 Å². The Labute approximate surface area is 170 Å². The Hall–Kier alpha value is -2.25. The molecule has 29 heavy (non-hydrogen) atoms. The number of rotatable bonds is 5. The predicted octanol–water partition coefficient (Wildman–Crippen LogP) is 1.02. The molecule has 1 saturated carbocycles. The van der Waals surface area contributed by atoms with E-state index < -0.39 is 6.04 Å². The van der Waals surface area contributed by atoms with E-state index in [0.29, 0.717) is 24.6 Å². The van der Waals surface area contributed by atoms with E-state index in [2.05, 4.69) is 21.6 Å². The molecule has 0 bridgehead atoms. The summed E-state index contributed by atoms with van der Waals surface area (Å²) in [4.78, 5) is 41.0. The molecule has 5 rings (SSSR count). The SMILES string of the molecule is O=C1CCC(N2Cc3c(CN4CCNCC4CC4CC4)cccc3C2=O)C(=O)N1. The molecule has 0 aromatic heterocycles. The minimum absolute atomic E-state index is 0.0915. The van der Waals surface area contributed by atoms with Crippen LogP contribution in [0.25, 0.3) is 0 Å². The van der Waals surface area contributed by atoms with Crippen LogP contribution in [0.5, 0.6) is 0 Å². The Bertz CT molecular complexity index is 850. The van der Waals surface area contributed by atoms with Crippen molar-refractivity contribution in [3.05, 3.63) is 34.9 Å². The first-order valence-corrected chi connectivity index (χ1v) is 10.8. The quantitative estimate of drug-likeness (QED) is 0.727. The maximum Gasteiger partial charge on any atom is 0.255 e. The third-order valence-corrected chi connectivity index (χ3v) is 6.83. The summed E-state index contributed by atoms with van der Waals surface area (Å²) >= 11 is 0. The van der Waals surface area contributed by atoms with Gasteiger partial charge in [0.2, 0.25) is 11.8 Å². The minimum atomic E-state index is -0.553. The normalized spacial score (nSPS) is 27.9. The van der Waals surface area contributed by atoms with Crippen LogP contribution >= 0.6 is 0 Å². The van der Waals surface area contributed by atoms with Crippen molar-refractivity contribution in [3.8, 4) is 0 Å². The maximum atomic E-state index is 13.0. The van der Waals surface area contributed by atoms with Crippen LogP contribution in [0.1, 0.15) is 53.6 Å². The molecule has 7 heteroatoms. The summed E-state index contributed by atoms with van der Waals surface area (Å²) in [7, 11) is 0. The van der Waals surface area contributed by atoms with Crippen LogP contribution in [-0.4, -0.2) is 59.2 Å². The molecule has 0 radical (unpaired) electrons. The number of carbonyl (C=O) groups excluding carboxylic acids is 3. The Morgan fingerprint density at radius 1 is 1.10 bits per heavy atom. The smallest absolute Gasteiger partial charge is 0.255 e. The molecule has 3 aliphatic heterocycles. The lowest BCUT2D eigenvalue weighted by Gasteiger charge is -2.37. The van der Waals surface area contributed by atoms with Gasteiger partial charge in [0.1, 0.15) is 6.04 Å². The lowest BCUT2D eigenvalue weighted by Crippen LogP contribution is -2.52. The average Bonchev–Trinajstić information content (AvgIpc) is 3.46. The molecule has 3 fully saturated rings. The van der Waals surface area contributed by atoms with Crippen LogP contribution in [0.4, 0.5) is 0 Å². The number of piperidine rings is 1. The van der Waals surface area contributed by atoms with E-state index in [1.54, 1.807) is 4.90 Å². The van der Waals surface area contributed by atoms with Gasteiger partial charge in [-0.25, -0.2) is 0 Å². The van der Waals surface area contributed by atoms with Crippen LogP contribution in [-0.2, 0) is 22.7 Å². The Morgan fingerprint density at radius 2 is 1.97 bits per heavy atom. The standard InChI is InChI=1S/C22H28N4O3/c27-20-7-6-19(21(28)24-20)26-13-18-15(2-1-3-17(18)22(26)29)12-25-9-8-23-11-16(25)10-14-4-5-14/h1-3,14,16,19,23H,4-13H2,(H,24,27,28). The fraction of sp³-hybridized carbons (Fsp3) is 0.591. The second-order valence-electron chi connectivity index (χ2n) is 8.85. The van der Waals surface area contributed by atoms with Gasteiger partial charge in [0.05, 0.1) is 0 Å². The molecule has 154 valence electrons. The van der Waals surface area contributed by atoms with Gasteiger partial charge in [-0.15, -0.1) is 0 Å². The molecule has 3 heterocycles. The van der Waals surface area contributed by atoms with Crippen molar-refractivity contribution in [3.63, 3.8) is 0 Å². The van der Waals surface area contributed by atoms with Crippen molar-refractivity contribution in [1.82, 2.24) is 20.4 Å². The summed E-state index contributed by atoms with van der Waals surface area (Å²) in [6, 6.07) is 5.94. The molecule has 0 spiro atoms. The molecular weight excluding hydrogens is 368 g/mol. The number of amides is 3. The third-order valence-electron chi connectivity index (χ3n) is 6.83. The van der Waals surface area contributed by atoms with Gasteiger partial charge in [0, 0.05) is 50.7 Å². The lowest BCUT2D eigenvalue weighted by molar-refractivity contribution is -0.136. The summed E-state index contributed by atoms with van der Waals surface area (Å²) in [6.45, 7) is 4.35. The molecule has 4 aliphatic rings. The van der Waals surface area contributed by atoms with Crippen LogP contribution in [0.3, 0.4) is 0 Å². The van der Waals surface area contributed by atoms with Crippen molar-refractivity contribution in [1.29, 1.82) is 0 Å². The van der Waals surface area contributed by atoms with E-state index in [0.717, 1.165) is 37.7 Å². The zero-order valence-corrected chi connectivity index (χ0v) is 16.7. The highest BCUT2D eigenvalue weighted by Crippen LogP contribution is 2.36. The number of benzene rings is 1.